The molecule has 0 aliphatic rings. The van der Waals surface area contributed by atoms with Gasteiger partial charge in [-0.1, -0.05) is 54.6 Å². The van der Waals surface area contributed by atoms with E-state index >= 15 is 0 Å². The van der Waals surface area contributed by atoms with Crippen molar-refractivity contribution in [2.24, 2.45) is 0 Å². The molecule has 0 unspecified atom stereocenters. The van der Waals surface area contributed by atoms with Crippen molar-refractivity contribution in [2.45, 2.75) is 6.54 Å². The molecule has 0 saturated heterocycles. The topological polar surface area (TPSA) is 44.4 Å². The maximum atomic E-state index is 12.0. The van der Waals surface area contributed by atoms with Crippen LogP contribution >= 0.6 is 0 Å². The van der Waals surface area contributed by atoms with E-state index in [0.717, 1.165) is 11.1 Å². The van der Waals surface area contributed by atoms with Gasteiger partial charge < -0.3 is 13.7 Å². The molecule has 0 N–H and O–H groups in total. The van der Waals surface area contributed by atoms with Crippen LogP contribution in [0.3, 0.4) is 0 Å². The Kier molecular flexibility index (Phi) is 3.86. The predicted molar refractivity (Wildman–Crippen MR) is 96.5 cm³/mol. The lowest BCUT2D eigenvalue weighted by Gasteiger charge is -2.10. The van der Waals surface area contributed by atoms with Gasteiger partial charge in [0.15, 0.2) is 5.58 Å². The predicted octanol–water partition coefficient (Wildman–Crippen LogP) is 4.74. The van der Waals surface area contributed by atoms with Crippen molar-refractivity contribution in [1.82, 2.24) is 4.57 Å². The average molecular weight is 331 g/mol. The zero-order valence-corrected chi connectivity index (χ0v) is 13.8. The highest BCUT2D eigenvalue weighted by molar-refractivity contribution is 5.94. The minimum atomic E-state index is -0.368. The van der Waals surface area contributed by atoms with Gasteiger partial charge in [-0.25, -0.2) is 4.79 Å². The van der Waals surface area contributed by atoms with Gasteiger partial charge in [0.2, 0.25) is 0 Å². The van der Waals surface area contributed by atoms with Crippen LogP contribution in [0, 0.1) is 0 Å². The van der Waals surface area contributed by atoms with Crippen molar-refractivity contribution in [1.29, 1.82) is 0 Å². The lowest BCUT2D eigenvalue weighted by atomic mass is 10.0. The van der Waals surface area contributed by atoms with Crippen LogP contribution in [-0.4, -0.2) is 17.6 Å². The highest BCUT2D eigenvalue weighted by Crippen LogP contribution is 2.24. The van der Waals surface area contributed by atoms with Gasteiger partial charge >= 0.3 is 5.97 Å². The molecule has 4 rings (SSSR count). The third-order valence-electron chi connectivity index (χ3n) is 4.32. The second kappa shape index (κ2) is 6.32. The van der Waals surface area contributed by atoms with Gasteiger partial charge in [0.05, 0.1) is 18.9 Å². The van der Waals surface area contributed by atoms with Gasteiger partial charge in [-0.3, -0.25) is 0 Å². The fraction of sp³-hybridized carbons (Fsp3) is 0.0952. The number of esters is 1. The summed E-state index contributed by atoms with van der Waals surface area (Å²) >= 11 is 0. The van der Waals surface area contributed by atoms with Crippen molar-refractivity contribution in [2.75, 3.05) is 7.11 Å². The number of furan rings is 1. The number of fused-ring (bicyclic) bond motifs is 1. The Morgan fingerprint density at radius 1 is 1.00 bits per heavy atom. The van der Waals surface area contributed by atoms with E-state index in [9.17, 15) is 4.79 Å². The molecule has 0 amide bonds. The van der Waals surface area contributed by atoms with Crippen molar-refractivity contribution in [3.63, 3.8) is 0 Å². The zero-order valence-electron chi connectivity index (χ0n) is 13.8. The van der Waals surface area contributed by atoms with Gasteiger partial charge in [0.1, 0.15) is 5.69 Å². The third kappa shape index (κ3) is 2.83. The Morgan fingerprint density at radius 3 is 2.44 bits per heavy atom. The molecule has 2 aromatic carbocycles. The van der Waals surface area contributed by atoms with Crippen molar-refractivity contribution >= 4 is 17.1 Å². The molecule has 0 saturated carbocycles. The lowest BCUT2D eigenvalue weighted by Crippen LogP contribution is -2.11. The molecule has 0 fully saturated rings. The van der Waals surface area contributed by atoms with E-state index in [-0.39, 0.29) is 5.97 Å². The maximum Gasteiger partial charge on any atom is 0.354 e. The van der Waals surface area contributed by atoms with Crippen LogP contribution in [0.25, 0.3) is 22.2 Å². The third-order valence-corrected chi connectivity index (χ3v) is 4.32. The highest BCUT2D eigenvalue weighted by Gasteiger charge is 2.18. The number of methoxy groups -OCH3 is 1. The van der Waals surface area contributed by atoms with Crippen molar-refractivity contribution < 1.29 is 13.9 Å². The summed E-state index contributed by atoms with van der Waals surface area (Å²) in [5.41, 5.74) is 5.50. The summed E-state index contributed by atoms with van der Waals surface area (Å²) in [5, 5.41) is 0. The monoisotopic (exact) mass is 331 g/mol. The summed E-state index contributed by atoms with van der Waals surface area (Å²) in [4.78, 5) is 12.0. The summed E-state index contributed by atoms with van der Waals surface area (Å²) < 4.78 is 12.2. The van der Waals surface area contributed by atoms with Crippen LogP contribution in [0.2, 0.25) is 0 Å². The largest absolute Gasteiger partial charge is 0.464 e. The molecular weight excluding hydrogens is 314 g/mol. The Labute approximate surface area is 145 Å². The minimum Gasteiger partial charge on any atom is -0.464 e. The van der Waals surface area contributed by atoms with Gasteiger partial charge in [-0.15, -0.1) is 0 Å². The first-order valence-corrected chi connectivity index (χ1v) is 8.05. The summed E-state index contributed by atoms with van der Waals surface area (Å²) in [5.74, 6) is -0.368. The van der Waals surface area contributed by atoms with E-state index in [1.807, 2.05) is 28.8 Å². The molecule has 0 aliphatic heterocycles. The van der Waals surface area contributed by atoms with Crippen LogP contribution in [0.1, 0.15) is 16.1 Å². The fourth-order valence-electron chi connectivity index (χ4n) is 3.04. The summed E-state index contributed by atoms with van der Waals surface area (Å²) in [6, 6.07) is 22.2. The summed E-state index contributed by atoms with van der Waals surface area (Å²) in [7, 11) is 1.39. The van der Waals surface area contributed by atoms with Crippen LogP contribution < -0.4 is 0 Å². The Bertz CT molecular complexity index is 1010. The quantitative estimate of drug-likeness (QED) is 0.508. The molecule has 0 radical (unpaired) electrons. The van der Waals surface area contributed by atoms with Gasteiger partial charge in [0.25, 0.3) is 0 Å². The number of carbonyl (C=O) groups excluding carboxylic acids is 1. The number of nitrogens with zero attached hydrogens (tertiary/aromatic N) is 1. The van der Waals surface area contributed by atoms with E-state index in [0.29, 0.717) is 17.8 Å². The molecule has 0 atom stereocenters. The number of aromatic nitrogens is 1. The van der Waals surface area contributed by atoms with Crippen molar-refractivity contribution in [3.8, 4) is 11.1 Å². The van der Waals surface area contributed by atoms with Gasteiger partial charge in [-0.2, -0.15) is 0 Å². The molecular formula is C21H17NO3. The van der Waals surface area contributed by atoms with E-state index in [1.165, 1.54) is 18.2 Å². The zero-order chi connectivity index (χ0) is 17.2. The molecule has 25 heavy (non-hydrogen) atoms. The first-order valence-electron chi connectivity index (χ1n) is 8.05. The van der Waals surface area contributed by atoms with Crippen LogP contribution in [0.5, 0.6) is 0 Å². The molecule has 2 heterocycles. The number of carbonyl (C=O) groups is 1. The molecule has 4 aromatic rings. The van der Waals surface area contributed by atoms with Crippen LogP contribution in [0.15, 0.2) is 77.4 Å². The van der Waals surface area contributed by atoms with Crippen molar-refractivity contribution in [3.05, 3.63) is 84.3 Å². The van der Waals surface area contributed by atoms with Crippen LogP contribution in [-0.2, 0) is 11.3 Å². The number of hydrogen-bond donors (Lipinski definition) is 0. The standard InChI is InChI=1S/C21H17NO3/c1-24-21(23)19-13-20-18(11-12-25-20)22(19)14-15-7-9-17(10-8-15)16-5-3-2-4-6-16/h2-13H,14H2,1H3. The normalized spacial score (nSPS) is 10.9. The van der Waals surface area contributed by atoms with E-state index in [4.69, 9.17) is 9.15 Å². The smallest absolute Gasteiger partial charge is 0.354 e. The average Bonchev–Trinajstić information content (AvgIpc) is 3.25. The minimum absolute atomic E-state index is 0.368. The molecule has 4 heteroatoms. The number of benzene rings is 2. The molecule has 4 nitrogen and oxygen atoms in total. The summed E-state index contributed by atoms with van der Waals surface area (Å²) in [6.45, 7) is 0.572. The first-order chi connectivity index (χ1) is 12.3. The Hall–Kier alpha value is -3.27. The number of rotatable bonds is 4. The number of ether oxygens (including phenoxy) is 1. The maximum absolute atomic E-state index is 12.0. The van der Waals surface area contributed by atoms with E-state index in [1.54, 1.807) is 12.3 Å². The fourth-order valence-corrected chi connectivity index (χ4v) is 3.04. The van der Waals surface area contributed by atoms with Gasteiger partial charge in [-0.05, 0) is 16.7 Å². The Morgan fingerprint density at radius 2 is 1.72 bits per heavy atom. The SMILES string of the molecule is COC(=O)c1cc2occc2n1Cc1ccc(-c2ccccc2)cc1. The lowest BCUT2D eigenvalue weighted by molar-refractivity contribution is 0.0589. The molecule has 2 aromatic heterocycles. The summed E-state index contributed by atoms with van der Waals surface area (Å²) in [6.07, 6.45) is 1.63. The highest BCUT2D eigenvalue weighted by atomic mass is 16.5. The second-order valence-corrected chi connectivity index (χ2v) is 5.84. The molecule has 0 spiro atoms. The van der Waals surface area contributed by atoms with Gasteiger partial charge in [0, 0.05) is 18.7 Å². The molecule has 0 bridgehead atoms. The van der Waals surface area contributed by atoms with E-state index < -0.39 is 0 Å². The Balaban J connectivity index is 1.67. The van der Waals surface area contributed by atoms with E-state index in [2.05, 4.69) is 36.4 Å². The molecule has 0 aliphatic carbocycles. The number of hydrogen-bond acceptors (Lipinski definition) is 3. The molecule has 124 valence electrons. The van der Waals surface area contributed by atoms with Crippen LogP contribution in [0.4, 0.5) is 0 Å². The second-order valence-electron chi connectivity index (χ2n) is 5.84. The first kappa shape index (κ1) is 15.3.